The minimum Gasteiger partial charge on any atom is -0.490 e. The molecule has 0 amide bonds. The van der Waals surface area contributed by atoms with Gasteiger partial charge in [0.1, 0.15) is 0 Å². The summed E-state index contributed by atoms with van der Waals surface area (Å²) in [5, 5.41) is 13.1. The van der Waals surface area contributed by atoms with Crippen LogP contribution in [-0.4, -0.2) is 31.4 Å². The summed E-state index contributed by atoms with van der Waals surface area (Å²) in [5.41, 5.74) is 0.857. The first kappa shape index (κ1) is 12.2. The van der Waals surface area contributed by atoms with Crippen molar-refractivity contribution in [3.63, 3.8) is 0 Å². The Morgan fingerprint density at radius 2 is 2.06 bits per heavy atom. The Hall–Kier alpha value is -1.26. The van der Waals surface area contributed by atoms with Crippen LogP contribution in [0.15, 0.2) is 18.2 Å². The molecule has 1 aliphatic heterocycles. The zero-order valence-electron chi connectivity index (χ0n) is 10.1. The molecule has 1 aliphatic rings. The maximum atomic E-state index is 9.96. The number of hydrogen-bond acceptors (Lipinski definition) is 4. The van der Waals surface area contributed by atoms with Crippen LogP contribution in [0.2, 0.25) is 0 Å². The highest BCUT2D eigenvalue weighted by Crippen LogP contribution is 2.32. The molecule has 2 N–H and O–H groups in total. The van der Waals surface area contributed by atoms with Gasteiger partial charge >= 0.3 is 0 Å². The van der Waals surface area contributed by atoms with Gasteiger partial charge in [-0.2, -0.15) is 0 Å². The third-order valence-corrected chi connectivity index (χ3v) is 2.74. The number of likely N-dealkylation sites (N-methyl/N-ethyl adjacent to an activating group) is 1. The Bertz CT molecular complexity index is 368. The van der Waals surface area contributed by atoms with Crippen LogP contribution >= 0.6 is 0 Å². The van der Waals surface area contributed by atoms with E-state index in [1.54, 1.807) is 0 Å². The number of aliphatic hydroxyl groups excluding tert-OH is 1. The highest BCUT2D eigenvalue weighted by Gasteiger charge is 2.14. The fourth-order valence-corrected chi connectivity index (χ4v) is 1.79. The molecule has 1 heterocycles. The van der Waals surface area contributed by atoms with Crippen molar-refractivity contribution in [2.75, 3.05) is 26.3 Å². The van der Waals surface area contributed by atoms with Gasteiger partial charge in [-0.1, -0.05) is 13.0 Å². The number of rotatable bonds is 4. The van der Waals surface area contributed by atoms with Crippen LogP contribution in [0.5, 0.6) is 11.5 Å². The molecule has 0 aliphatic carbocycles. The molecule has 1 aromatic carbocycles. The first-order chi connectivity index (χ1) is 8.31. The van der Waals surface area contributed by atoms with Crippen LogP contribution in [0, 0.1) is 0 Å². The number of aliphatic hydroxyl groups is 1. The van der Waals surface area contributed by atoms with E-state index in [-0.39, 0.29) is 0 Å². The van der Waals surface area contributed by atoms with Gasteiger partial charge in [0, 0.05) is 13.0 Å². The highest BCUT2D eigenvalue weighted by molar-refractivity contribution is 5.44. The first-order valence-corrected chi connectivity index (χ1v) is 6.09. The topological polar surface area (TPSA) is 50.7 Å². The van der Waals surface area contributed by atoms with Gasteiger partial charge in [0.15, 0.2) is 11.5 Å². The molecule has 4 heteroatoms. The molecule has 0 bridgehead atoms. The molecule has 0 saturated carbocycles. The smallest absolute Gasteiger partial charge is 0.161 e. The minimum absolute atomic E-state index is 0.507. The number of fused-ring (bicyclic) bond motifs is 1. The summed E-state index contributed by atoms with van der Waals surface area (Å²) < 4.78 is 11.1. The minimum atomic E-state index is -0.507. The highest BCUT2D eigenvalue weighted by atomic mass is 16.5. The lowest BCUT2D eigenvalue weighted by atomic mass is 10.1. The van der Waals surface area contributed by atoms with Gasteiger partial charge in [0.25, 0.3) is 0 Å². The quantitative estimate of drug-likeness (QED) is 0.833. The van der Waals surface area contributed by atoms with Gasteiger partial charge in [-0.25, -0.2) is 0 Å². The standard InChI is InChI=1S/C13H19NO3/c1-2-14-9-11(15)10-4-5-12-13(8-10)17-7-3-6-16-12/h4-5,8,11,14-15H,2-3,6-7,9H2,1H3. The van der Waals surface area contributed by atoms with E-state index in [1.807, 2.05) is 25.1 Å². The lowest BCUT2D eigenvalue weighted by molar-refractivity contribution is 0.175. The van der Waals surface area contributed by atoms with Gasteiger partial charge in [-0.3, -0.25) is 0 Å². The Kier molecular flexibility index (Phi) is 4.23. The van der Waals surface area contributed by atoms with Crippen molar-refractivity contribution in [3.05, 3.63) is 23.8 Å². The average Bonchev–Trinajstić information content (AvgIpc) is 2.60. The van der Waals surface area contributed by atoms with Crippen LogP contribution < -0.4 is 14.8 Å². The van der Waals surface area contributed by atoms with Crippen LogP contribution in [-0.2, 0) is 0 Å². The van der Waals surface area contributed by atoms with Crippen LogP contribution in [0.4, 0.5) is 0 Å². The molecule has 94 valence electrons. The van der Waals surface area contributed by atoms with Crippen molar-refractivity contribution < 1.29 is 14.6 Å². The van der Waals surface area contributed by atoms with Crippen LogP contribution in [0.25, 0.3) is 0 Å². The molecule has 17 heavy (non-hydrogen) atoms. The monoisotopic (exact) mass is 237 g/mol. The van der Waals surface area contributed by atoms with Crippen molar-refractivity contribution in [2.45, 2.75) is 19.4 Å². The molecular formula is C13H19NO3. The zero-order valence-corrected chi connectivity index (χ0v) is 10.1. The molecule has 2 rings (SSSR count). The normalized spacial score (nSPS) is 16.4. The number of nitrogens with one attached hydrogen (secondary N) is 1. The molecular weight excluding hydrogens is 218 g/mol. The number of benzene rings is 1. The van der Waals surface area contributed by atoms with E-state index in [9.17, 15) is 5.11 Å². The predicted molar refractivity (Wildman–Crippen MR) is 65.6 cm³/mol. The van der Waals surface area contributed by atoms with E-state index < -0.39 is 6.10 Å². The van der Waals surface area contributed by atoms with Crippen molar-refractivity contribution in [1.82, 2.24) is 5.32 Å². The predicted octanol–water partition coefficient (Wildman–Crippen LogP) is 1.49. The van der Waals surface area contributed by atoms with Crippen molar-refractivity contribution in [1.29, 1.82) is 0 Å². The molecule has 4 nitrogen and oxygen atoms in total. The van der Waals surface area contributed by atoms with Crippen LogP contribution in [0.1, 0.15) is 25.0 Å². The third kappa shape index (κ3) is 3.11. The fraction of sp³-hybridized carbons (Fsp3) is 0.538. The molecule has 0 saturated heterocycles. The second kappa shape index (κ2) is 5.89. The maximum absolute atomic E-state index is 9.96. The summed E-state index contributed by atoms with van der Waals surface area (Å²) in [5.74, 6) is 1.50. The molecule has 0 radical (unpaired) electrons. The summed E-state index contributed by atoms with van der Waals surface area (Å²) in [6, 6.07) is 5.61. The average molecular weight is 237 g/mol. The summed E-state index contributed by atoms with van der Waals surface area (Å²) in [4.78, 5) is 0. The summed E-state index contributed by atoms with van der Waals surface area (Å²) in [7, 11) is 0. The maximum Gasteiger partial charge on any atom is 0.161 e. The molecule has 1 unspecified atom stereocenters. The SMILES string of the molecule is CCNCC(O)c1ccc2c(c1)OCCCO2. The van der Waals surface area contributed by atoms with Gasteiger partial charge in [0.05, 0.1) is 19.3 Å². The Morgan fingerprint density at radius 1 is 1.29 bits per heavy atom. The van der Waals surface area contributed by atoms with Gasteiger partial charge < -0.3 is 19.9 Å². The van der Waals surface area contributed by atoms with Crippen molar-refractivity contribution in [3.8, 4) is 11.5 Å². The lowest BCUT2D eigenvalue weighted by Crippen LogP contribution is -2.20. The van der Waals surface area contributed by atoms with Crippen molar-refractivity contribution >= 4 is 0 Å². The van der Waals surface area contributed by atoms with E-state index in [2.05, 4.69) is 5.32 Å². The van der Waals surface area contributed by atoms with E-state index in [0.29, 0.717) is 19.8 Å². The Labute approximate surface area is 102 Å². The van der Waals surface area contributed by atoms with Crippen molar-refractivity contribution in [2.24, 2.45) is 0 Å². The fourth-order valence-electron chi connectivity index (χ4n) is 1.79. The Morgan fingerprint density at radius 3 is 2.82 bits per heavy atom. The molecule has 1 aromatic rings. The number of hydrogen-bond donors (Lipinski definition) is 2. The molecule has 1 atom stereocenters. The van der Waals surface area contributed by atoms with Gasteiger partial charge in [-0.15, -0.1) is 0 Å². The zero-order chi connectivity index (χ0) is 12.1. The summed E-state index contributed by atoms with van der Waals surface area (Å²) in [6.45, 7) is 4.77. The van der Waals surface area contributed by atoms with Crippen LogP contribution in [0.3, 0.4) is 0 Å². The molecule has 0 aromatic heterocycles. The van der Waals surface area contributed by atoms with Gasteiger partial charge in [-0.05, 0) is 24.2 Å². The second-order valence-electron chi connectivity index (χ2n) is 4.08. The van der Waals surface area contributed by atoms with Gasteiger partial charge in [0.2, 0.25) is 0 Å². The first-order valence-electron chi connectivity index (χ1n) is 6.09. The summed E-state index contributed by atoms with van der Waals surface area (Å²) >= 11 is 0. The van der Waals surface area contributed by atoms with E-state index in [4.69, 9.17) is 9.47 Å². The third-order valence-electron chi connectivity index (χ3n) is 2.74. The second-order valence-corrected chi connectivity index (χ2v) is 4.08. The number of ether oxygens (including phenoxy) is 2. The summed E-state index contributed by atoms with van der Waals surface area (Å²) in [6.07, 6.45) is 0.386. The molecule has 0 fully saturated rings. The molecule has 0 spiro atoms. The Balaban J connectivity index is 2.11. The largest absolute Gasteiger partial charge is 0.490 e. The van der Waals surface area contributed by atoms with E-state index in [0.717, 1.165) is 30.0 Å². The van der Waals surface area contributed by atoms with E-state index >= 15 is 0 Å². The van der Waals surface area contributed by atoms with E-state index in [1.165, 1.54) is 0 Å². The lowest BCUT2D eigenvalue weighted by Gasteiger charge is -2.14.